The Morgan fingerprint density at radius 3 is 2.39 bits per heavy atom. The van der Waals surface area contributed by atoms with Crippen LogP contribution in [0.3, 0.4) is 0 Å². The minimum Gasteiger partial charge on any atom is -0.465 e. The van der Waals surface area contributed by atoms with Crippen LogP contribution in [0, 0.1) is 0 Å². The molecule has 1 aromatic carbocycles. The normalized spacial score (nSPS) is 26.8. The van der Waals surface area contributed by atoms with Crippen molar-refractivity contribution in [1.29, 1.82) is 0 Å². The number of carbonyl (C=O) groups excluding carboxylic acids is 1. The third-order valence-corrected chi connectivity index (χ3v) is 5.36. The molecular weight excluding hydrogens is 242 g/mol. The SMILES string of the molecule is CCOC(=O)[C@@H]1[C@H](c2ccccc2)N1[Si](C)(C)C. The Hall–Kier alpha value is -1.13. The van der Waals surface area contributed by atoms with Crippen LogP contribution >= 0.6 is 0 Å². The van der Waals surface area contributed by atoms with Crippen molar-refractivity contribution < 1.29 is 9.53 Å². The average Bonchev–Trinajstić information content (AvgIpc) is 3.05. The monoisotopic (exact) mass is 263 g/mol. The first-order valence-electron chi connectivity index (χ1n) is 6.47. The lowest BCUT2D eigenvalue weighted by molar-refractivity contribution is -0.143. The summed E-state index contributed by atoms with van der Waals surface area (Å²) >= 11 is 0. The molecule has 3 atom stereocenters. The molecule has 18 heavy (non-hydrogen) atoms. The van der Waals surface area contributed by atoms with Gasteiger partial charge in [0.25, 0.3) is 0 Å². The molecule has 1 heterocycles. The highest BCUT2D eigenvalue weighted by atomic mass is 28.3. The second-order valence-electron chi connectivity index (χ2n) is 5.63. The van der Waals surface area contributed by atoms with Crippen molar-refractivity contribution in [2.24, 2.45) is 0 Å². The van der Waals surface area contributed by atoms with Gasteiger partial charge in [-0.15, -0.1) is 0 Å². The van der Waals surface area contributed by atoms with Crippen LogP contribution in [0.2, 0.25) is 19.6 Å². The van der Waals surface area contributed by atoms with Crippen LogP contribution in [-0.4, -0.2) is 31.4 Å². The topological polar surface area (TPSA) is 29.3 Å². The van der Waals surface area contributed by atoms with Crippen LogP contribution in [0.25, 0.3) is 0 Å². The van der Waals surface area contributed by atoms with Gasteiger partial charge in [-0.3, -0.25) is 4.79 Å². The highest BCUT2D eigenvalue weighted by molar-refractivity contribution is 6.74. The number of hydrogen-bond donors (Lipinski definition) is 0. The molecule has 1 aliphatic rings. The molecule has 0 aliphatic carbocycles. The van der Waals surface area contributed by atoms with Crippen molar-refractivity contribution in [2.75, 3.05) is 6.61 Å². The van der Waals surface area contributed by atoms with Gasteiger partial charge in [-0.2, -0.15) is 0 Å². The molecule has 0 saturated carbocycles. The number of hydrogen-bond acceptors (Lipinski definition) is 3. The van der Waals surface area contributed by atoms with E-state index in [1.807, 2.05) is 25.1 Å². The van der Waals surface area contributed by atoms with Crippen LogP contribution in [0.5, 0.6) is 0 Å². The Labute approximate surface area is 110 Å². The predicted molar refractivity (Wildman–Crippen MR) is 74.8 cm³/mol. The van der Waals surface area contributed by atoms with E-state index in [4.69, 9.17) is 4.74 Å². The van der Waals surface area contributed by atoms with Crippen molar-refractivity contribution >= 4 is 14.2 Å². The van der Waals surface area contributed by atoms with Crippen molar-refractivity contribution in [3.8, 4) is 0 Å². The Kier molecular flexibility index (Phi) is 3.59. The number of carbonyl (C=O) groups is 1. The van der Waals surface area contributed by atoms with Gasteiger partial charge in [0.1, 0.15) is 14.3 Å². The predicted octanol–water partition coefficient (Wildman–Crippen LogP) is 2.81. The van der Waals surface area contributed by atoms with Crippen LogP contribution in [0.4, 0.5) is 0 Å². The zero-order valence-electron chi connectivity index (χ0n) is 11.5. The van der Waals surface area contributed by atoms with Gasteiger partial charge < -0.3 is 9.30 Å². The summed E-state index contributed by atoms with van der Waals surface area (Å²) in [4.78, 5) is 12.0. The second-order valence-corrected chi connectivity index (χ2v) is 10.5. The number of benzene rings is 1. The Morgan fingerprint density at radius 2 is 1.89 bits per heavy atom. The maximum atomic E-state index is 12.0. The van der Waals surface area contributed by atoms with E-state index < -0.39 is 8.24 Å². The van der Waals surface area contributed by atoms with Gasteiger partial charge in [-0.1, -0.05) is 50.0 Å². The highest BCUT2D eigenvalue weighted by Gasteiger charge is 2.58. The maximum Gasteiger partial charge on any atom is 0.324 e. The third kappa shape index (κ3) is 2.49. The molecule has 4 heteroatoms. The Balaban J connectivity index is 2.21. The van der Waals surface area contributed by atoms with Gasteiger partial charge in [-0.05, 0) is 12.5 Å². The molecule has 2 rings (SSSR count). The van der Waals surface area contributed by atoms with E-state index in [1.54, 1.807) is 0 Å². The van der Waals surface area contributed by atoms with E-state index in [0.29, 0.717) is 6.61 Å². The molecule has 1 aromatic rings. The smallest absolute Gasteiger partial charge is 0.324 e. The van der Waals surface area contributed by atoms with Crippen molar-refractivity contribution in [3.05, 3.63) is 35.9 Å². The third-order valence-electron chi connectivity index (χ3n) is 3.25. The number of rotatable bonds is 4. The molecule has 0 radical (unpaired) electrons. The lowest BCUT2D eigenvalue weighted by Crippen LogP contribution is -2.35. The van der Waals surface area contributed by atoms with Gasteiger partial charge >= 0.3 is 5.97 Å². The lowest BCUT2D eigenvalue weighted by Gasteiger charge is -2.19. The molecule has 1 aliphatic heterocycles. The summed E-state index contributed by atoms with van der Waals surface area (Å²) in [6.45, 7) is 9.11. The first-order valence-corrected chi connectivity index (χ1v) is 9.91. The summed E-state index contributed by atoms with van der Waals surface area (Å²) < 4.78 is 7.53. The van der Waals surface area contributed by atoms with E-state index in [2.05, 4.69) is 36.3 Å². The van der Waals surface area contributed by atoms with Gasteiger partial charge in [0, 0.05) is 0 Å². The highest BCUT2D eigenvalue weighted by Crippen LogP contribution is 2.47. The molecule has 1 saturated heterocycles. The first kappa shape index (κ1) is 13.3. The minimum absolute atomic E-state index is 0.0704. The number of nitrogens with zero attached hydrogens (tertiary/aromatic N) is 1. The van der Waals surface area contributed by atoms with E-state index >= 15 is 0 Å². The number of ether oxygens (including phenoxy) is 1. The van der Waals surface area contributed by atoms with Crippen molar-refractivity contribution in [3.63, 3.8) is 0 Å². The summed E-state index contributed by atoms with van der Waals surface area (Å²) in [5.74, 6) is -0.0752. The average molecular weight is 263 g/mol. The summed E-state index contributed by atoms with van der Waals surface area (Å²) in [7, 11) is -1.49. The molecule has 0 N–H and O–H groups in total. The maximum absolute atomic E-state index is 12.0. The van der Waals surface area contributed by atoms with E-state index in [9.17, 15) is 4.79 Å². The van der Waals surface area contributed by atoms with E-state index in [0.717, 1.165) is 0 Å². The molecule has 3 nitrogen and oxygen atoms in total. The molecular formula is C14H21NO2Si. The van der Waals surface area contributed by atoms with Crippen molar-refractivity contribution in [1.82, 2.24) is 4.57 Å². The number of esters is 1. The Bertz CT molecular complexity index is 427. The van der Waals surface area contributed by atoms with Gasteiger partial charge in [0.15, 0.2) is 0 Å². The van der Waals surface area contributed by atoms with Crippen LogP contribution in [-0.2, 0) is 9.53 Å². The first-order chi connectivity index (χ1) is 8.46. The molecule has 1 fully saturated rings. The molecule has 0 aromatic heterocycles. The summed E-state index contributed by atoms with van der Waals surface area (Å²) in [6, 6.07) is 10.4. The van der Waals surface area contributed by atoms with E-state index in [-0.39, 0.29) is 18.1 Å². The Morgan fingerprint density at radius 1 is 1.28 bits per heavy atom. The quantitative estimate of drug-likeness (QED) is 0.475. The van der Waals surface area contributed by atoms with Gasteiger partial charge in [0.05, 0.1) is 12.6 Å². The van der Waals surface area contributed by atoms with Crippen LogP contribution in [0.1, 0.15) is 18.5 Å². The zero-order chi connectivity index (χ0) is 13.3. The molecule has 1 unspecified atom stereocenters. The standard InChI is InChI=1S/C14H21NO2Si/c1-5-17-14(16)13-12(15(13)18(2,3)4)11-9-7-6-8-10-11/h6-10,12-13H,5H2,1-4H3/t12-,13-,15?/m0/s1. The summed E-state index contributed by atoms with van der Waals surface area (Å²) in [5, 5.41) is 0. The summed E-state index contributed by atoms with van der Waals surface area (Å²) in [6.07, 6.45) is 0. The minimum atomic E-state index is -1.49. The molecule has 0 amide bonds. The molecule has 0 bridgehead atoms. The largest absolute Gasteiger partial charge is 0.465 e. The lowest BCUT2D eigenvalue weighted by atomic mass is 10.1. The molecule has 0 spiro atoms. The zero-order valence-corrected chi connectivity index (χ0v) is 12.5. The fourth-order valence-corrected chi connectivity index (χ4v) is 4.67. The molecule has 98 valence electrons. The van der Waals surface area contributed by atoms with Gasteiger partial charge in [0.2, 0.25) is 0 Å². The van der Waals surface area contributed by atoms with E-state index in [1.165, 1.54) is 5.56 Å². The fourth-order valence-electron chi connectivity index (χ4n) is 2.53. The van der Waals surface area contributed by atoms with Crippen molar-refractivity contribution in [2.45, 2.75) is 38.6 Å². The van der Waals surface area contributed by atoms with Gasteiger partial charge in [-0.25, -0.2) is 0 Å². The van der Waals surface area contributed by atoms with Crippen LogP contribution in [0.15, 0.2) is 30.3 Å². The second kappa shape index (κ2) is 4.86. The van der Waals surface area contributed by atoms with Crippen LogP contribution < -0.4 is 0 Å². The summed E-state index contributed by atoms with van der Waals surface area (Å²) in [5.41, 5.74) is 1.22. The fraction of sp³-hybridized carbons (Fsp3) is 0.500.